The lowest BCUT2D eigenvalue weighted by atomic mass is 9.86. The van der Waals surface area contributed by atoms with Gasteiger partial charge in [-0.25, -0.2) is 14.3 Å². The number of nitrogens with zero attached hydrogens (tertiary/aromatic N) is 4. The third-order valence-corrected chi connectivity index (χ3v) is 9.96. The molecule has 6 aromatic carbocycles. The normalized spacial score (nSPS) is 16.1. The highest BCUT2D eigenvalue weighted by atomic mass is 16.5. The third-order valence-electron chi connectivity index (χ3n) is 9.96. The van der Waals surface area contributed by atoms with Crippen LogP contribution in [0.3, 0.4) is 0 Å². The minimum Gasteiger partial charge on any atom is -0.485 e. The van der Waals surface area contributed by atoms with Crippen LogP contribution in [-0.2, 0) is 0 Å². The Hall–Kier alpha value is -6.79. The van der Waals surface area contributed by atoms with Crippen molar-refractivity contribution in [3.05, 3.63) is 191 Å². The average molecular weight is 659 g/mol. The Bertz CT molecular complexity index is 2710. The predicted molar refractivity (Wildman–Crippen MR) is 204 cm³/mol. The van der Waals surface area contributed by atoms with E-state index in [1.54, 1.807) is 4.57 Å². The molecule has 10 rings (SSSR count). The van der Waals surface area contributed by atoms with Gasteiger partial charge in [0.25, 0.3) is 0 Å². The molecule has 6 heteroatoms. The standard InChI is InChI=1S/C45H30N4O2/c50-45-47-43(29-13-3-1-4-14-29)46-44(30-15-5-2-6-16-30)49(45)39-23-12-24-41-42(39)36-28-32(25-26-40(36)51-41)31-17-11-18-33(27-31)48-37-21-9-7-19-34(37)35-20-8-10-22-38(35)48/h1-28,36,40H. The van der Waals surface area contributed by atoms with Gasteiger partial charge < -0.3 is 9.30 Å². The molecule has 2 atom stereocenters. The van der Waals surface area contributed by atoms with E-state index in [9.17, 15) is 4.79 Å². The van der Waals surface area contributed by atoms with Crippen LogP contribution in [-0.4, -0.2) is 25.2 Å². The van der Waals surface area contributed by atoms with E-state index in [-0.39, 0.29) is 12.0 Å². The number of allylic oxidation sites excluding steroid dienone is 2. The van der Waals surface area contributed by atoms with Gasteiger partial charge in [-0.2, -0.15) is 4.98 Å². The Balaban J connectivity index is 1.11. The fourth-order valence-electron chi connectivity index (χ4n) is 7.67. The van der Waals surface area contributed by atoms with Crippen molar-refractivity contribution in [2.45, 2.75) is 12.0 Å². The minimum atomic E-state index is -0.394. The van der Waals surface area contributed by atoms with Crippen LogP contribution in [0.15, 0.2) is 175 Å². The largest absolute Gasteiger partial charge is 0.485 e. The van der Waals surface area contributed by atoms with Gasteiger partial charge in [-0.1, -0.05) is 127 Å². The third kappa shape index (κ3) is 4.76. The molecule has 3 heterocycles. The van der Waals surface area contributed by atoms with Gasteiger partial charge in [-0.15, -0.1) is 0 Å². The number of hydrogen-bond acceptors (Lipinski definition) is 4. The molecule has 0 saturated heterocycles. The second-order valence-electron chi connectivity index (χ2n) is 12.9. The molecule has 0 bridgehead atoms. The Morgan fingerprint density at radius 1 is 0.588 bits per heavy atom. The molecule has 0 saturated carbocycles. The molecule has 2 unspecified atom stereocenters. The molecule has 0 N–H and O–H groups in total. The number of ether oxygens (including phenoxy) is 1. The summed E-state index contributed by atoms with van der Waals surface area (Å²) < 4.78 is 10.5. The maximum absolute atomic E-state index is 14.1. The zero-order chi connectivity index (χ0) is 33.9. The molecule has 0 amide bonds. The average Bonchev–Trinajstić information content (AvgIpc) is 3.74. The van der Waals surface area contributed by atoms with E-state index in [0.29, 0.717) is 17.3 Å². The van der Waals surface area contributed by atoms with Crippen LogP contribution in [0.1, 0.15) is 17.0 Å². The van der Waals surface area contributed by atoms with Gasteiger partial charge in [0.1, 0.15) is 11.9 Å². The molecular formula is C45H30N4O2. The molecule has 6 nitrogen and oxygen atoms in total. The summed E-state index contributed by atoms with van der Waals surface area (Å²) >= 11 is 0. The summed E-state index contributed by atoms with van der Waals surface area (Å²) in [5.41, 5.74) is 8.51. The van der Waals surface area contributed by atoms with Crippen LogP contribution in [0.25, 0.3) is 61.5 Å². The smallest absolute Gasteiger partial charge is 0.355 e. The van der Waals surface area contributed by atoms with Crippen molar-refractivity contribution in [3.63, 3.8) is 0 Å². The first-order valence-corrected chi connectivity index (χ1v) is 17.1. The van der Waals surface area contributed by atoms with Gasteiger partial charge in [-0.05, 0) is 53.6 Å². The minimum absolute atomic E-state index is 0.127. The van der Waals surface area contributed by atoms with Gasteiger partial charge >= 0.3 is 5.69 Å². The predicted octanol–water partition coefficient (Wildman–Crippen LogP) is 9.56. The van der Waals surface area contributed by atoms with Crippen LogP contribution in [0.5, 0.6) is 5.75 Å². The maximum atomic E-state index is 14.1. The summed E-state index contributed by atoms with van der Waals surface area (Å²) in [4.78, 5) is 23.6. The van der Waals surface area contributed by atoms with Crippen LogP contribution in [0.4, 0.5) is 0 Å². The van der Waals surface area contributed by atoms with Gasteiger partial charge in [0, 0.05) is 39.1 Å². The number of hydrogen-bond donors (Lipinski definition) is 0. The monoisotopic (exact) mass is 658 g/mol. The van der Waals surface area contributed by atoms with E-state index in [0.717, 1.165) is 39.3 Å². The Labute approximate surface area is 293 Å². The zero-order valence-electron chi connectivity index (χ0n) is 27.4. The van der Waals surface area contributed by atoms with Crippen molar-refractivity contribution < 1.29 is 4.74 Å². The van der Waals surface area contributed by atoms with Crippen molar-refractivity contribution in [2.75, 3.05) is 0 Å². The summed E-state index contributed by atoms with van der Waals surface area (Å²) in [7, 11) is 0. The molecule has 51 heavy (non-hydrogen) atoms. The lowest BCUT2D eigenvalue weighted by Gasteiger charge is -2.21. The number of fused-ring (bicyclic) bond motifs is 6. The summed E-state index contributed by atoms with van der Waals surface area (Å²) in [5, 5.41) is 2.47. The maximum Gasteiger partial charge on any atom is 0.355 e. The summed E-state index contributed by atoms with van der Waals surface area (Å²) in [5.74, 6) is 1.54. The topological polar surface area (TPSA) is 61.9 Å². The lowest BCUT2D eigenvalue weighted by Crippen LogP contribution is -2.26. The highest BCUT2D eigenvalue weighted by Gasteiger charge is 2.37. The van der Waals surface area contributed by atoms with Gasteiger partial charge in [0.05, 0.1) is 16.7 Å². The quantitative estimate of drug-likeness (QED) is 0.185. The van der Waals surface area contributed by atoms with Crippen molar-refractivity contribution in [1.82, 2.24) is 19.1 Å². The van der Waals surface area contributed by atoms with Crippen LogP contribution in [0, 0.1) is 0 Å². The van der Waals surface area contributed by atoms with Gasteiger partial charge in [0.15, 0.2) is 11.6 Å². The van der Waals surface area contributed by atoms with E-state index >= 15 is 0 Å². The van der Waals surface area contributed by atoms with Crippen molar-refractivity contribution >= 4 is 27.4 Å². The molecule has 2 aromatic heterocycles. The second-order valence-corrected chi connectivity index (χ2v) is 12.9. The molecule has 1 aliphatic heterocycles. The van der Waals surface area contributed by atoms with E-state index in [2.05, 4.69) is 101 Å². The van der Waals surface area contributed by atoms with E-state index in [4.69, 9.17) is 9.72 Å². The Morgan fingerprint density at radius 3 is 1.98 bits per heavy atom. The van der Waals surface area contributed by atoms with E-state index < -0.39 is 5.69 Å². The van der Waals surface area contributed by atoms with Crippen LogP contribution >= 0.6 is 0 Å². The van der Waals surface area contributed by atoms with Crippen LogP contribution in [0.2, 0.25) is 0 Å². The molecule has 1 aliphatic carbocycles. The Morgan fingerprint density at radius 2 is 1.24 bits per heavy atom. The highest BCUT2D eigenvalue weighted by molar-refractivity contribution is 6.09. The number of rotatable bonds is 5. The van der Waals surface area contributed by atoms with E-state index in [1.807, 2.05) is 78.9 Å². The Kier molecular flexibility index (Phi) is 6.67. The second kappa shape index (κ2) is 11.7. The molecule has 0 radical (unpaired) electrons. The molecule has 0 fully saturated rings. The first-order valence-electron chi connectivity index (χ1n) is 17.1. The zero-order valence-corrected chi connectivity index (χ0v) is 27.4. The van der Waals surface area contributed by atoms with Crippen molar-refractivity contribution in [3.8, 4) is 39.9 Å². The van der Waals surface area contributed by atoms with Crippen molar-refractivity contribution in [1.29, 1.82) is 0 Å². The SMILES string of the molecule is O=c1nc(-c2ccccc2)nc(-c2ccccc2)n1-c1cccc2c1C1C=C(c3cccc(-n4c5ccccc5c5ccccc54)c3)C=CC1O2. The molecule has 242 valence electrons. The van der Waals surface area contributed by atoms with Gasteiger partial charge in [-0.3, -0.25) is 0 Å². The molecule has 8 aromatic rings. The molecule has 2 aliphatic rings. The highest BCUT2D eigenvalue weighted by Crippen LogP contribution is 2.47. The summed E-state index contributed by atoms with van der Waals surface area (Å²) in [6, 6.07) is 51.2. The number of benzene rings is 6. The van der Waals surface area contributed by atoms with Gasteiger partial charge in [0.2, 0.25) is 0 Å². The summed E-state index contributed by atoms with van der Waals surface area (Å²) in [6.07, 6.45) is 6.35. The number of aromatic nitrogens is 4. The molecule has 0 spiro atoms. The summed E-state index contributed by atoms with van der Waals surface area (Å²) in [6.45, 7) is 0. The van der Waals surface area contributed by atoms with E-state index in [1.165, 1.54) is 21.8 Å². The number of para-hydroxylation sites is 2. The fraction of sp³-hybridized carbons (Fsp3) is 0.0444. The first-order chi connectivity index (χ1) is 25.2. The first kappa shape index (κ1) is 29.2. The van der Waals surface area contributed by atoms with Crippen molar-refractivity contribution in [2.24, 2.45) is 0 Å². The lowest BCUT2D eigenvalue weighted by molar-refractivity contribution is 0.269. The fourth-order valence-corrected chi connectivity index (χ4v) is 7.67. The van der Waals surface area contributed by atoms with Crippen LogP contribution < -0.4 is 10.4 Å². The molecular weight excluding hydrogens is 629 g/mol.